The first kappa shape index (κ1) is 10.4. The second-order valence-electron chi connectivity index (χ2n) is 3.86. The summed E-state index contributed by atoms with van der Waals surface area (Å²) in [5.74, 6) is 0. The molecule has 1 heterocycles. The second kappa shape index (κ2) is 4.59. The van der Waals surface area contributed by atoms with Gasteiger partial charge in [0.25, 0.3) is 0 Å². The van der Waals surface area contributed by atoms with E-state index in [9.17, 15) is 0 Å². The Labute approximate surface area is 95.4 Å². The summed E-state index contributed by atoms with van der Waals surface area (Å²) in [6.07, 6.45) is 3.86. The number of aryl methyl sites for hydroxylation is 1. The number of nitrogens with zero attached hydrogens (tertiary/aromatic N) is 2. The van der Waals surface area contributed by atoms with Crippen molar-refractivity contribution in [3.05, 3.63) is 65.5 Å². The molecule has 0 unspecified atom stereocenters. The van der Waals surface area contributed by atoms with E-state index >= 15 is 0 Å². The van der Waals surface area contributed by atoms with E-state index in [-0.39, 0.29) is 0 Å². The highest BCUT2D eigenvalue weighted by Gasteiger charge is 2.02. The molecule has 0 spiro atoms. The predicted octanol–water partition coefficient (Wildman–Crippen LogP) is 2.20. The van der Waals surface area contributed by atoms with Crippen LogP contribution in [0.1, 0.15) is 16.7 Å². The third-order valence-corrected chi connectivity index (χ3v) is 2.51. The van der Waals surface area contributed by atoms with Gasteiger partial charge in [-0.15, -0.1) is 0 Å². The zero-order valence-corrected chi connectivity index (χ0v) is 9.22. The molecule has 0 aliphatic heterocycles. The van der Waals surface area contributed by atoms with Crippen molar-refractivity contribution in [3.63, 3.8) is 0 Å². The maximum absolute atomic E-state index is 8.69. The molecule has 2 nitrogen and oxygen atoms in total. The van der Waals surface area contributed by atoms with Crippen LogP contribution in [-0.4, -0.2) is 0 Å². The van der Waals surface area contributed by atoms with Crippen LogP contribution in [-0.2, 0) is 6.54 Å². The van der Waals surface area contributed by atoms with E-state index in [2.05, 4.69) is 41.8 Å². The Morgan fingerprint density at radius 2 is 1.69 bits per heavy atom. The molecule has 0 atom stereocenters. The van der Waals surface area contributed by atoms with Crippen molar-refractivity contribution in [2.75, 3.05) is 0 Å². The number of hydrogen-bond donors (Lipinski definition) is 0. The van der Waals surface area contributed by atoms with E-state index in [0.29, 0.717) is 5.56 Å². The van der Waals surface area contributed by atoms with Gasteiger partial charge in [-0.3, -0.25) is 0 Å². The number of benzene rings is 1. The van der Waals surface area contributed by atoms with Crippen LogP contribution in [0.4, 0.5) is 0 Å². The molecule has 0 saturated heterocycles. The topological polar surface area (TPSA) is 27.7 Å². The van der Waals surface area contributed by atoms with Crippen LogP contribution < -0.4 is 4.57 Å². The molecule has 2 rings (SSSR count). The lowest BCUT2D eigenvalue weighted by atomic mass is 10.1. The first-order valence-corrected chi connectivity index (χ1v) is 5.23. The van der Waals surface area contributed by atoms with Crippen molar-refractivity contribution in [2.45, 2.75) is 13.5 Å². The molecule has 0 radical (unpaired) electrons. The lowest BCUT2D eigenvalue weighted by molar-refractivity contribution is -0.688. The van der Waals surface area contributed by atoms with Gasteiger partial charge in [-0.05, 0) is 6.92 Å². The van der Waals surface area contributed by atoms with Gasteiger partial charge in [0.1, 0.15) is 0 Å². The van der Waals surface area contributed by atoms with Crippen LogP contribution in [0.5, 0.6) is 0 Å². The van der Waals surface area contributed by atoms with Gasteiger partial charge in [-0.1, -0.05) is 29.8 Å². The smallest absolute Gasteiger partial charge is 0.173 e. The van der Waals surface area contributed by atoms with Crippen molar-refractivity contribution in [1.29, 1.82) is 5.26 Å². The highest BCUT2D eigenvalue weighted by molar-refractivity contribution is 5.24. The molecule has 2 heteroatoms. The van der Waals surface area contributed by atoms with Gasteiger partial charge < -0.3 is 0 Å². The average Bonchev–Trinajstić information content (AvgIpc) is 2.33. The molecule has 0 fully saturated rings. The van der Waals surface area contributed by atoms with Gasteiger partial charge in [-0.2, -0.15) is 5.26 Å². The molecule has 2 aromatic rings. The van der Waals surface area contributed by atoms with Crippen LogP contribution >= 0.6 is 0 Å². The lowest BCUT2D eigenvalue weighted by Gasteiger charge is -1.98. The first-order valence-electron chi connectivity index (χ1n) is 5.23. The van der Waals surface area contributed by atoms with Crippen molar-refractivity contribution in [1.82, 2.24) is 0 Å². The molecule has 1 aromatic heterocycles. The minimum Gasteiger partial charge on any atom is -0.201 e. The van der Waals surface area contributed by atoms with Crippen LogP contribution in [0.2, 0.25) is 0 Å². The van der Waals surface area contributed by atoms with Crippen molar-refractivity contribution >= 4 is 0 Å². The third-order valence-electron chi connectivity index (χ3n) is 2.51. The molecule has 0 bridgehead atoms. The molecule has 16 heavy (non-hydrogen) atoms. The van der Waals surface area contributed by atoms with Crippen LogP contribution in [0.3, 0.4) is 0 Å². The molecular formula is C14H13N2+. The molecule has 1 aromatic carbocycles. The minimum absolute atomic E-state index is 0.695. The largest absolute Gasteiger partial charge is 0.201 e. The maximum Gasteiger partial charge on any atom is 0.173 e. The van der Waals surface area contributed by atoms with Gasteiger partial charge in [0, 0.05) is 17.7 Å². The van der Waals surface area contributed by atoms with Crippen molar-refractivity contribution in [2.24, 2.45) is 0 Å². The summed E-state index contributed by atoms with van der Waals surface area (Å²) in [5, 5.41) is 8.69. The maximum atomic E-state index is 8.69. The molecule has 0 aliphatic rings. The Morgan fingerprint density at radius 3 is 2.25 bits per heavy atom. The Morgan fingerprint density at radius 1 is 1.06 bits per heavy atom. The summed E-state index contributed by atoms with van der Waals surface area (Å²) in [6.45, 7) is 2.92. The monoisotopic (exact) mass is 209 g/mol. The van der Waals surface area contributed by atoms with Gasteiger partial charge in [0.15, 0.2) is 18.9 Å². The molecule has 0 aliphatic carbocycles. The van der Waals surface area contributed by atoms with Gasteiger partial charge >= 0.3 is 0 Å². The Bertz CT molecular complexity index is 504. The van der Waals surface area contributed by atoms with Crippen molar-refractivity contribution in [3.8, 4) is 6.07 Å². The van der Waals surface area contributed by atoms with Crippen LogP contribution in [0, 0.1) is 18.3 Å². The standard InChI is InChI=1S/C14H13N2/c1-12-2-4-14(5-3-12)11-16-8-6-13(10-15)7-9-16/h2-9H,11H2,1H3/q+1. The number of aromatic nitrogens is 1. The third kappa shape index (κ3) is 2.46. The zero-order chi connectivity index (χ0) is 11.4. The molecule has 0 amide bonds. The quantitative estimate of drug-likeness (QED) is 0.697. The van der Waals surface area contributed by atoms with Crippen LogP contribution in [0.15, 0.2) is 48.8 Å². The van der Waals surface area contributed by atoms with E-state index < -0.39 is 0 Å². The summed E-state index contributed by atoms with van der Waals surface area (Å²) in [4.78, 5) is 0. The van der Waals surface area contributed by atoms with E-state index in [1.165, 1.54) is 11.1 Å². The summed E-state index contributed by atoms with van der Waals surface area (Å²) < 4.78 is 2.06. The minimum atomic E-state index is 0.695. The predicted molar refractivity (Wildman–Crippen MR) is 61.6 cm³/mol. The zero-order valence-electron chi connectivity index (χ0n) is 9.22. The molecule has 0 saturated carbocycles. The fourth-order valence-corrected chi connectivity index (χ4v) is 1.54. The summed E-state index contributed by atoms with van der Waals surface area (Å²) in [5.41, 5.74) is 3.23. The van der Waals surface area contributed by atoms with E-state index in [0.717, 1.165) is 6.54 Å². The van der Waals surface area contributed by atoms with E-state index in [1.807, 2.05) is 24.5 Å². The first-order chi connectivity index (χ1) is 7.78. The number of rotatable bonds is 2. The summed E-state index contributed by atoms with van der Waals surface area (Å²) in [7, 11) is 0. The molecule has 78 valence electrons. The Balaban J connectivity index is 2.15. The highest BCUT2D eigenvalue weighted by atomic mass is 14.9. The second-order valence-corrected chi connectivity index (χ2v) is 3.86. The fraction of sp³-hybridized carbons (Fsp3) is 0.143. The van der Waals surface area contributed by atoms with Crippen LogP contribution in [0.25, 0.3) is 0 Å². The summed E-state index contributed by atoms with van der Waals surface area (Å²) in [6, 6.07) is 14.2. The Kier molecular flexibility index (Phi) is 2.98. The van der Waals surface area contributed by atoms with Gasteiger partial charge in [-0.25, -0.2) is 4.57 Å². The number of nitriles is 1. The lowest BCUT2D eigenvalue weighted by Crippen LogP contribution is -2.33. The van der Waals surface area contributed by atoms with Gasteiger partial charge in [0.2, 0.25) is 0 Å². The molecular weight excluding hydrogens is 196 g/mol. The highest BCUT2D eigenvalue weighted by Crippen LogP contribution is 2.02. The van der Waals surface area contributed by atoms with Crippen molar-refractivity contribution < 1.29 is 4.57 Å². The fourth-order valence-electron chi connectivity index (χ4n) is 1.54. The van der Waals surface area contributed by atoms with E-state index in [4.69, 9.17) is 5.26 Å². The number of pyridine rings is 1. The van der Waals surface area contributed by atoms with Gasteiger partial charge in [0.05, 0.1) is 11.6 Å². The number of hydrogen-bond acceptors (Lipinski definition) is 1. The van der Waals surface area contributed by atoms with E-state index in [1.54, 1.807) is 0 Å². The SMILES string of the molecule is Cc1ccc(C[n+]2ccc(C#N)cc2)cc1. The Hall–Kier alpha value is -2.14. The average molecular weight is 209 g/mol. The summed E-state index contributed by atoms with van der Waals surface area (Å²) >= 11 is 0. The molecule has 0 N–H and O–H groups in total. The normalized spacial score (nSPS) is 9.75.